The van der Waals surface area contributed by atoms with E-state index in [1.165, 1.54) is 0 Å². The van der Waals surface area contributed by atoms with Gasteiger partial charge in [0.2, 0.25) is 0 Å². The van der Waals surface area contributed by atoms with Gasteiger partial charge in [-0.15, -0.1) is 0 Å². The standard InChI is InChI=1S/C10H16N2O2/c1-6-7(4-11)2-3-8-10(14)9(13)5-12(6)8/h6-10,13-14H,2-3,5H2,1H3. The molecule has 2 aliphatic heterocycles. The number of fused-ring (bicyclic) bond motifs is 1. The van der Waals surface area contributed by atoms with Gasteiger partial charge < -0.3 is 10.2 Å². The number of rotatable bonds is 0. The van der Waals surface area contributed by atoms with E-state index in [0.717, 1.165) is 12.8 Å². The lowest BCUT2D eigenvalue weighted by Gasteiger charge is -2.38. The van der Waals surface area contributed by atoms with E-state index in [1.807, 2.05) is 6.92 Å². The van der Waals surface area contributed by atoms with Crippen molar-refractivity contribution in [2.45, 2.75) is 44.1 Å². The van der Waals surface area contributed by atoms with Gasteiger partial charge in [0.15, 0.2) is 0 Å². The van der Waals surface area contributed by atoms with Gasteiger partial charge in [0.05, 0.1) is 24.2 Å². The van der Waals surface area contributed by atoms with E-state index in [9.17, 15) is 10.2 Å². The second-order valence-electron chi connectivity index (χ2n) is 4.38. The van der Waals surface area contributed by atoms with Crippen LogP contribution in [0.4, 0.5) is 0 Å². The highest BCUT2D eigenvalue weighted by Crippen LogP contribution is 2.34. The Morgan fingerprint density at radius 3 is 2.71 bits per heavy atom. The van der Waals surface area contributed by atoms with Gasteiger partial charge in [0.1, 0.15) is 0 Å². The molecular weight excluding hydrogens is 180 g/mol. The van der Waals surface area contributed by atoms with Gasteiger partial charge in [-0.05, 0) is 19.8 Å². The van der Waals surface area contributed by atoms with Gasteiger partial charge in [0, 0.05) is 18.6 Å². The van der Waals surface area contributed by atoms with Crippen LogP contribution in [0.15, 0.2) is 0 Å². The van der Waals surface area contributed by atoms with E-state index in [1.54, 1.807) is 0 Å². The molecule has 2 saturated heterocycles. The summed E-state index contributed by atoms with van der Waals surface area (Å²) >= 11 is 0. The predicted octanol–water partition coefficient (Wildman–Crippen LogP) is -0.286. The van der Waals surface area contributed by atoms with E-state index in [0.29, 0.717) is 6.54 Å². The van der Waals surface area contributed by atoms with Crippen LogP contribution in [0.3, 0.4) is 0 Å². The SMILES string of the molecule is CC1C(C#N)CCC2C(O)C(O)CN12. The summed E-state index contributed by atoms with van der Waals surface area (Å²) in [6.07, 6.45) is 0.389. The Morgan fingerprint density at radius 1 is 1.36 bits per heavy atom. The maximum Gasteiger partial charge on any atom is 0.0966 e. The summed E-state index contributed by atoms with van der Waals surface area (Å²) < 4.78 is 0. The van der Waals surface area contributed by atoms with Gasteiger partial charge in [-0.25, -0.2) is 0 Å². The molecule has 0 saturated carbocycles. The molecule has 5 unspecified atom stereocenters. The van der Waals surface area contributed by atoms with E-state index in [4.69, 9.17) is 5.26 Å². The Labute approximate surface area is 83.8 Å². The van der Waals surface area contributed by atoms with Gasteiger partial charge >= 0.3 is 0 Å². The highest BCUT2D eigenvalue weighted by atomic mass is 16.3. The van der Waals surface area contributed by atoms with Crippen LogP contribution in [0.2, 0.25) is 0 Å². The van der Waals surface area contributed by atoms with Crippen molar-refractivity contribution in [2.75, 3.05) is 6.54 Å². The monoisotopic (exact) mass is 196 g/mol. The van der Waals surface area contributed by atoms with Gasteiger partial charge in [-0.3, -0.25) is 4.90 Å². The molecule has 2 aliphatic rings. The maximum absolute atomic E-state index is 9.70. The minimum absolute atomic E-state index is 0.0451. The average molecular weight is 196 g/mol. The molecule has 0 aromatic carbocycles. The van der Waals surface area contributed by atoms with Crippen molar-refractivity contribution < 1.29 is 10.2 Å². The number of aliphatic hydroxyl groups excluding tert-OH is 2. The predicted molar refractivity (Wildman–Crippen MR) is 50.3 cm³/mol. The zero-order valence-corrected chi connectivity index (χ0v) is 8.30. The summed E-state index contributed by atoms with van der Waals surface area (Å²) in [7, 11) is 0. The van der Waals surface area contributed by atoms with Crippen LogP contribution in [-0.2, 0) is 0 Å². The van der Waals surface area contributed by atoms with Crippen LogP contribution < -0.4 is 0 Å². The zero-order chi connectivity index (χ0) is 10.3. The third-order valence-electron chi connectivity index (χ3n) is 3.66. The van der Waals surface area contributed by atoms with Crippen LogP contribution in [0.1, 0.15) is 19.8 Å². The molecule has 0 aliphatic carbocycles. The minimum Gasteiger partial charge on any atom is -0.389 e. The second-order valence-corrected chi connectivity index (χ2v) is 4.38. The summed E-state index contributed by atoms with van der Waals surface area (Å²) in [5, 5.41) is 28.1. The molecule has 0 aromatic heterocycles. The summed E-state index contributed by atoms with van der Waals surface area (Å²) in [4.78, 5) is 2.08. The second kappa shape index (κ2) is 3.50. The Bertz CT molecular complexity index is 263. The molecule has 0 bridgehead atoms. The molecule has 0 spiro atoms. The number of nitriles is 1. The molecule has 0 amide bonds. The minimum atomic E-state index is -0.639. The third-order valence-corrected chi connectivity index (χ3v) is 3.66. The lowest BCUT2D eigenvalue weighted by molar-refractivity contribution is 0.0209. The van der Waals surface area contributed by atoms with Crippen molar-refractivity contribution in [3.8, 4) is 6.07 Å². The summed E-state index contributed by atoms with van der Waals surface area (Å²) in [5.74, 6) is 0.0451. The molecule has 0 radical (unpaired) electrons. The summed E-state index contributed by atoms with van der Waals surface area (Å²) in [5.41, 5.74) is 0. The summed E-state index contributed by atoms with van der Waals surface area (Å²) in [6.45, 7) is 2.51. The molecular formula is C10H16N2O2. The first-order chi connectivity index (χ1) is 6.65. The maximum atomic E-state index is 9.70. The molecule has 4 heteroatoms. The number of hydrogen-bond donors (Lipinski definition) is 2. The summed E-state index contributed by atoms with van der Waals surface area (Å²) in [6, 6.07) is 2.51. The van der Waals surface area contributed by atoms with Crippen LogP contribution in [0.5, 0.6) is 0 Å². The zero-order valence-electron chi connectivity index (χ0n) is 8.30. The van der Waals surface area contributed by atoms with Crippen LogP contribution in [0, 0.1) is 17.2 Å². The third kappa shape index (κ3) is 1.33. The molecule has 5 atom stereocenters. The smallest absolute Gasteiger partial charge is 0.0966 e. The van der Waals surface area contributed by atoms with Crippen LogP contribution >= 0.6 is 0 Å². The fourth-order valence-corrected chi connectivity index (χ4v) is 2.71. The van der Waals surface area contributed by atoms with Crippen LogP contribution in [0.25, 0.3) is 0 Å². The normalized spacial score (nSPS) is 48.6. The molecule has 14 heavy (non-hydrogen) atoms. The number of nitrogens with zero attached hydrogens (tertiary/aromatic N) is 2. The van der Waals surface area contributed by atoms with Crippen molar-refractivity contribution in [3.05, 3.63) is 0 Å². The van der Waals surface area contributed by atoms with E-state index in [2.05, 4.69) is 11.0 Å². The Balaban J connectivity index is 2.14. The van der Waals surface area contributed by atoms with Crippen molar-refractivity contribution >= 4 is 0 Å². The molecule has 2 N–H and O–H groups in total. The molecule has 78 valence electrons. The Hall–Kier alpha value is -0.630. The molecule has 0 aromatic rings. The van der Waals surface area contributed by atoms with Crippen molar-refractivity contribution in [2.24, 2.45) is 5.92 Å². The van der Waals surface area contributed by atoms with E-state index in [-0.39, 0.29) is 18.0 Å². The molecule has 2 heterocycles. The van der Waals surface area contributed by atoms with E-state index < -0.39 is 12.2 Å². The number of piperidine rings is 1. The van der Waals surface area contributed by atoms with Crippen LogP contribution in [-0.4, -0.2) is 45.9 Å². The van der Waals surface area contributed by atoms with Crippen molar-refractivity contribution in [3.63, 3.8) is 0 Å². The highest BCUT2D eigenvalue weighted by Gasteiger charge is 2.46. The quantitative estimate of drug-likeness (QED) is 0.559. The molecule has 2 rings (SSSR count). The lowest BCUT2D eigenvalue weighted by Crippen LogP contribution is -2.48. The lowest BCUT2D eigenvalue weighted by atomic mass is 9.87. The average Bonchev–Trinajstić information content (AvgIpc) is 2.46. The largest absolute Gasteiger partial charge is 0.389 e. The first kappa shape index (κ1) is 9.91. The molecule has 2 fully saturated rings. The number of hydrogen-bond acceptors (Lipinski definition) is 4. The van der Waals surface area contributed by atoms with E-state index >= 15 is 0 Å². The first-order valence-corrected chi connectivity index (χ1v) is 5.16. The van der Waals surface area contributed by atoms with Gasteiger partial charge in [0.25, 0.3) is 0 Å². The number of aliphatic hydroxyl groups is 2. The Kier molecular flexibility index (Phi) is 2.48. The fraction of sp³-hybridized carbons (Fsp3) is 0.900. The van der Waals surface area contributed by atoms with Crippen molar-refractivity contribution in [1.82, 2.24) is 4.90 Å². The topological polar surface area (TPSA) is 67.5 Å². The van der Waals surface area contributed by atoms with Gasteiger partial charge in [-0.2, -0.15) is 5.26 Å². The van der Waals surface area contributed by atoms with Gasteiger partial charge in [-0.1, -0.05) is 0 Å². The highest BCUT2D eigenvalue weighted by molar-refractivity contribution is 5.04. The van der Waals surface area contributed by atoms with Crippen molar-refractivity contribution in [1.29, 1.82) is 5.26 Å². The fourth-order valence-electron chi connectivity index (χ4n) is 2.71. The first-order valence-electron chi connectivity index (χ1n) is 5.16. The molecule has 4 nitrogen and oxygen atoms in total. The Morgan fingerprint density at radius 2 is 2.07 bits per heavy atom.